The largest absolute Gasteiger partial charge is 0.346 e. The molecule has 1 aromatic carbocycles. The second-order valence-corrected chi connectivity index (χ2v) is 5.06. The molecule has 19 heavy (non-hydrogen) atoms. The molecule has 1 saturated heterocycles. The topological polar surface area (TPSA) is 41.1 Å². The first kappa shape index (κ1) is 13.8. The minimum atomic E-state index is 0.0683. The molecule has 0 aromatic heterocycles. The molecule has 1 fully saturated rings. The lowest BCUT2D eigenvalue weighted by molar-refractivity contribution is -0.118. The zero-order chi connectivity index (χ0) is 13.7. The van der Waals surface area contributed by atoms with E-state index in [2.05, 4.69) is 29.7 Å². The van der Waals surface area contributed by atoms with Crippen molar-refractivity contribution in [2.24, 2.45) is 0 Å². The molecule has 0 radical (unpaired) electrons. The summed E-state index contributed by atoms with van der Waals surface area (Å²) in [7, 11) is 0. The van der Waals surface area contributed by atoms with Gasteiger partial charge < -0.3 is 10.6 Å². The van der Waals surface area contributed by atoms with Gasteiger partial charge >= 0.3 is 0 Å². The smallest absolute Gasteiger partial charge is 0.247 e. The summed E-state index contributed by atoms with van der Waals surface area (Å²) in [5.74, 6) is 0.0683. The third kappa shape index (κ3) is 3.44. The number of benzene rings is 1. The first-order valence-corrected chi connectivity index (χ1v) is 6.97. The molecule has 1 amide bonds. The lowest BCUT2D eigenvalue weighted by Gasteiger charge is -2.24. The van der Waals surface area contributed by atoms with Crippen molar-refractivity contribution in [1.82, 2.24) is 10.6 Å². The Bertz CT molecular complexity index is 459. The van der Waals surface area contributed by atoms with Gasteiger partial charge in [-0.1, -0.05) is 43.7 Å². The van der Waals surface area contributed by atoms with Crippen molar-refractivity contribution in [2.45, 2.75) is 32.7 Å². The predicted molar refractivity (Wildman–Crippen MR) is 77.8 cm³/mol. The molecule has 0 bridgehead atoms. The summed E-state index contributed by atoms with van der Waals surface area (Å²) in [5.41, 5.74) is 3.28. The molecule has 3 nitrogen and oxygen atoms in total. The fraction of sp³-hybridized carbons (Fsp3) is 0.438. The summed E-state index contributed by atoms with van der Waals surface area (Å²) in [6.45, 7) is 5.76. The van der Waals surface area contributed by atoms with Crippen molar-refractivity contribution < 1.29 is 4.79 Å². The van der Waals surface area contributed by atoms with E-state index in [1.54, 1.807) is 0 Å². The van der Waals surface area contributed by atoms with Crippen LogP contribution in [0.15, 0.2) is 41.5 Å². The van der Waals surface area contributed by atoms with Crippen LogP contribution in [0.4, 0.5) is 0 Å². The minimum Gasteiger partial charge on any atom is -0.346 e. The van der Waals surface area contributed by atoms with Crippen LogP contribution in [0.2, 0.25) is 0 Å². The molecule has 0 saturated carbocycles. The fourth-order valence-corrected chi connectivity index (χ4v) is 2.24. The van der Waals surface area contributed by atoms with Crippen molar-refractivity contribution in [2.75, 3.05) is 13.1 Å². The van der Waals surface area contributed by atoms with Crippen LogP contribution in [0.3, 0.4) is 0 Å². The van der Waals surface area contributed by atoms with Crippen LogP contribution in [0.1, 0.15) is 38.3 Å². The van der Waals surface area contributed by atoms with Gasteiger partial charge in [0.1, 0.15) is 0 Å². The summed E-state index contributed by atoms with van der Waals surface area (Å²) in [4.78, 5) is 12.2. The van der Waals surface area contributed by atoms with Crippen molar-refractivity contribution >= 4 is 5.91 Å². The number of amides is 1. The molecule has 2 rings (SSSR count). The van der Waals surface area contributed by atoms with Gasteiger partial charge in [0.05, 0.1) is 6.04 Å². The van der Waals surface area contributed by atoms with Crippen LogP contribution in [-0.4, -0.2) is 19.0 Å². The maximum absolute atomic E-state index is 12.2. The lowest BCUT2D eigenvalue weighted by Crippen LogP contribution is -2.38. The van der Waals surface area contributed by atoms with Crippen molar-refractivity contribution in [3.05, 3.63) is 47.0 Å². The third-order valence-electron chi connectivity index (χ3n) is 3.63. The van der Waals surface area contributed by atoms with E-state index < -0.39 is 0 Å². The van der Waals surface area contributed by atoms with Crippen LogP contribution >= 0.6 is 0 Å². The zero-order valence-corrected chi connectivity index (χ0v) is 11.7. The van der Waals surface area contributed by atoms with Crippen LogP contribution in [0, 0.1) is 0 Å². The van der Waals surface area contributed by atoms with Crippen molar-refractivity contribution in [3.63, 3.8) is 0 Å². The number of carbonyl (C=O) groups excluding carboxylic acids is 1. The number of rotatable bonds is 5. The molecule has 1 unspecified atom stereocenters. The van der Waals surface area contributed by atoms with Gasteiger partial charge in [0.2, 0.25) is 5.91 Å². The predicted octanol–water partition coefficient (Wildman–Crippen LogP) is 2.56. The van der Waals surface area contributed by atoms with Crippen LogP contribution in [-0.2, 0) is 4.79 Å². The Hall–Kier alpha value is -1.61. The molecular weight excluding hydrogens is 236 g/mol. The van der Waals surface area contributed by atoms with E-state index in [1.165, 1.54) is 11.1 Å². The highest BCUT2D eigenvalue weighted by molar-refractivity contribution is 5.94. The number of carbonyl (C=O) groups is 1. The Balaban J connectivity index is 2.07. The van der Waals surface area contributed by atoms with E-state index in [9.17, 15) is 4.79 Å². The Morgan fingerprint density at radius 3 is 2.53 bits per heavy atom. The van der Waals surface area contributed by atoms with Gasteiger partial charge in [0.15, 0.2) is 0 Å². The normalized spacial score (nSPS) is 15.6. The quantitative estimate of drug-likeness (QED) is 0.797. The van der Waals surface area contributed by atoms with Gasteiger partial charge in [-0.2, -0.15) is 0 Å². The summed E-state index contributed by atoms with van der Waals surface area (Å²) >= 11 is 0. The Labute approximate surface area is 115 Å². The van der Waals surface area contributed by atoms with E-state index >= 15 is 0 Å². The number of hydrogen-bond donors (Lipinski definition) is 2. The Kier molecular flexibility index (Phi) is 4.74. The van der Waals surface area contributed by atoms with Crippen molar-refractivity contribution in [1.29, 1.82) is 0 Å². The second-order valence-electron chi connectivity index (χ2n) is 5.06. The molecule has 1 heterocycles. The molecule has 1 aromatic rings. The second kappa shape index (κ2) is 6.53. The molecule has 1 aliphatic rings. The average molecular weight is 258 g/mol. The molecule has 3 heteroatoms. The Morgan fingerprint density at radius 1 is 1.32 bits per heavy atom. The minimum absolute atomic E-state index is 0.0683. The zero-order valence-electron chi connectivity index (χ0n) is 11.7. The molecule has 0 spiro atoms. The van der Waals surface area contributed by atoms with Gasteiger partial charge in [-0.3, -0.25) is 4.79 Å². The van der Waals surface area contributed by atoms with Crippen LogP contribution in [0.25, 0.3) is 0 Å². The van der Waals surface area contributed by atoms with Crippen LogP contribution in [0.5, 0.6) is 0 Å². The molecular formula is C16H22N2O. The number of hydrogen-bond acceptors (Lipinski definition) is 2. The van der Waals surface area contributed by atoms with Gasteiger partial charge in [-0.05, 0) is 24.5 Å². The van der Waals surface area contributed by atoms with Crippen LogP contribution < -0.4 is 10.6 Å². The van der Waals surface area contributed by atoms with Crippen molar-refractivity contribution in [3.8, 4) is 0 Å². The molecule has 1 atom stereocenters. The van der Waals surface area contributed by atoms with Gasteiger partial charge in [-0.15, -0.1) is 0 Å². The highest BCUT2D eigenvalue weighted by Crippen LogP contribution is 2.19. The Morgan fingerprint density at radius 2 is 2.00 bits per heavy atom. The third-order valence-corrected chi connectivity index (χ3v) is 3.63. The SMILES string of the molecule is CCCC(NC(=O)C(C)=C1CNC1)c1ccccc1. The molecule has 102 valence electrons. The maximum atomic E-state index is 12.2. The summed E-state index contributed by atoms with van der Waals surface area (Å²) in [5, 5.41) is 6.33. The molecule has 0 aliphatic carbocycles. The summed E-state index contributed by atoms with van der Waals surface area (Å²) < 4.78 is 0. The molecule has 1 aliphatic heterocycles. The van der Waals surface area contributed by atoms with Gasteiger partial charge in [-0.25, -0.2) is 0 Å². The van der Waals surface area contributed by atoms with Gasteiger partial charge in [0, 0.05) is 18.7 Å². The lowest BCUT2D eigenvalue weighted by atomic mass is 10.00. The van der Waals surface area contributed by atoms with E-state index in [1.807, 2.05) is 25.1 Å². The molecule has 2 N–H and O–H groups in total. The first-order valence-electron chi connectivity index (χ1n) is 6.97. The fourth-order valence-electron chi connectivity index (χ4n) is 2.24. The summed E-state index contributed by atoms with van der Waals surface area (Å²) in [6.07, 6.45) is 2.02. The van der Waals surface area contributed by atoms with E-state index in [-0.39, 0.29) is 11.9 Å². The van der Waals surface area contributed by atoms with E-state index in [4.69, 9.17) is 0 Å². The van der Waals surface area contributed by atoms with E-state index in [0.717, 1.165) is 31.5 Å². The number of nitrogens with one attached hydrogen (secondary N) is 2. The highest BCUT2D eigenvalue weighted by Gasteiger charge is 2.19. The average Bonchev–Trinajstić information content (AvgIpc) is 2.37. The standard InChI is InChI=1S/C16H22N2O/c1-3-7-15(13-8-5-4-6-9-13)18-16(19)12(2)14-10-17-11-14/h4-6,8-9,15,17H,3,7,10-11H2,1-2H3,(H,18,19). The monoisotopic (exact) mass is 258 g/mol. The van der Waals surface area contributed by atoms with E-state index in [0.29, 0.717) is 0 Å². The van der Waals surface area contributed by atoms with Gasteiger partial charge in [0.25, 0.3) is 0 Å². The first-order chi connectivity index (χ1) is 9.22. The maximum Gasteiger partial charge on any atom is 0.247 e. The summed E-state index contributed by atoms with van der Waals surface area (Å²) in [6, 6.07) is 10.3. The highest BCUT2D eigenvalue weighted by atomic mass is 16.1.